The molecule has 0 radical (unpaired) electrons. The summed E-state index contributed by atoms with van der Waals surface area (Å²) in [5.41, 5.74) is 2.01. The summed E-state index contributed by atoms with van der Waals surface area (Å²) in [6, 6.07) is 19.6. The molecule has 0 aliphatic rings. The Kier molecular flexibility index (Phi) is 3.75. The van der Waals surface area contributed by atoms with E-state index >= 15 is 0 Å². The number of hydrogen-bond acceptors (Lipinski definition) is 1. The molecule has 0 bridgehead atoms. The summed E-state index contributed by atoms with van der Waals surface area (Å²) in [6.07, 6.45) is -0.524. The quantitative estimate of drug-likeness (QED) is 0.845. The Balaban J connectivity index is 2.20. The second-order valence-corrected chi connectivity index (χ2v) is 4.65. The van der Waals surface area contributed by atoms with Gasteiger partial charge >= 0.3 is 0 Å². The Labute approximate surface area is 104 Å². The minimum Gasteiger partial charge on any atom is -0.387 e. The molecule has 2 unspecified atom stereocenters. The fourth-order valence-corrected chi connectivity index (χ4v) is 2.25. The third-order valence-electron chi connectivity index (χ3n) is 2.54. The first-order valence-corrected chi connectivity index (χ1v) is 6.12. The van der Waals surface area contributed by atoms with Crippen molar-refractivity contribution in [1.29, 1.82) is 0 Å². The van der Waals surface area contributed by atoms with E-state index in [-0.39, 0.29) is 4.83 Å². The zero-order chi connectivity index (χ0) is 11.4. The molecule has 2 atom stereocenters. The van der Waals surface area contributed by atoms with Gasteiger partial charge in [-0.25, -0.2) is 0 Å². The van der Waals surface area contributed by atoms with Crippen molar-refractivity contribution in [3.05, 3.63) is 71.8 Å². The number of aliphatic hydroxyl groups is 1. The van der Waals surface area contributed by atoms with Crippen LogP contribution in [0.5, 0.6) is 0 Å². The van der Waals surface area contributed by atoms with Gasteiger partial charge in [-0.05, 0) is 11.1 Å². The zero-order valence-electron chi connectivity index (χ0n) is 8.75. The average molecular weight is 277 g/mol. The first-order chi connectivity index (χ1) is 7.79. The minimum atomic E-state index is -0.524. The van der Waals surface area contributed by atoms with Crippen LogP contribution in [0.15, 0.2) is 60.7 Å². The van der Waals surface area contributed by atoms with Crippen LogP contribution in [0.2, 0.25) is 0 Å². The van der Waals surface area contributed by atoms with E-state index in [4.69, 9.17) is 0 Å². The van der Waals surface area contributed by atoms with E-state index in [0.717, 1.165) is 11.1 Å². The summed E-state index contributed by atoms with van der Waals surface area (Å²) in [4.78, 5) is -0.0731. The molecule has 2 aromatic carbocycles. The highest BCUT2D eigenvalue weighted by molar-refractivity contribution is 9.09. The van der Waals surface area contributed by atoms with Crippen LogP contribution in [0.1, 0.15) is 22.1 Å². The first-order valence-electron chi connectivity index (χ1n) is 5.21. The number of rotatable bonds is 3. The molecule has 0 saturated carbocycles. The summed E-state index contributed by atoms with van der Waals surface area (Å²) in [7, 11) is 0. The monoisotopic (exact) mass is 276 g/mol. The van der Waals surface area contributed by atoms with Crippen molar-refractivity contribution in [2.24, 2.45) is 0 Å². The van der Waals surface area contributed by atoms with Crippen molar-refractivity contribution in [3.8, 4) is 0 Å². The second kappa shape index (κ2) is 5.28. The van der Waals surface area contributed by atoms with Gasteiger partial charge < -0.3 is 5.11 Å². The third-order valence-corrected chi connectivity index (χ3v) is 3.57. The average Bonchev–Trinajstić information content (AvgIpc) is 2.39. The maximum atomic E-state index is 10.2. The first kappa shape index (κ1) is 11.4. The minimum absolute atomic E-state index is 0.0731. The molecule has 82 valence electrons. The molecule has 1 N–H and O–H groups in total. The van der Waals surface area contributed by atoms with E-state index in [2.05, 4.69) is 15.9 Å². The number of benzene rings is 2. The van der Waals surface area contributed by atoms with Gasteiger partial charge in [-0.15, -0.1) is 0 Å². The Morgan fingerprint density at radius 1 is 0.750 bits per heavy atom. The second-order valence-electron chi connectivity index (χ2n) is 3.67. The van der Waals surface area contributed by atoms with Gasteiger partial charge in [-0.1, -0.05) is 76.6 Å². The summed E-state index contributed by atoms with van der Waals surface area (Å²) >= 11 is 3.54. The van der Waals surface area contributed by atoms with Crippen LogP contribution < -0.4 is 0 Å². The van der Waals surface area contributed by atoms with Crippen LogP contribution in [0.25, 0.3) is 0 Å². The molecule has 0 aromatic heterocycles. The number of alkyl halides is 1. The largest absolute Gasteiger partial charge is 0.387 e. The summed E-state index contributed by atoms with van der Waals surface area (Å²) in [5.74, 6) is 0. The Bertz CT molecular complexity index is 384. The SMILES string of the molecule is OC(c1ccccc1)C(Br)c1ccccc1. The van der Waals surface area contributed by atoms with Crippen LogP contribution >= 0.6 is 15.9 Å². The predicted octanol–water partition coefficient (Wildman–Crippen LogP) is 3.86. The summed E-state index contributed by atoms with van der Waals surface area (Å²) < 4.78 is 0. The Morgan fingerprint density at radius 3 is 1.69 bits per heavy atom. The predicted molar refractivity (Wildman–Crippen MR) is 69.5 cm³/mol. The van der Waals surface area contributed by atoms with Crippen molar-refractivity contribution in [2.75, 3.05) is 0 Å². The van der Waals surface area contributed by atoms with Crippen LogP contribution in [0.3, 0.4) is 0 Å². The third kappa shape index (κ3) is 2.52. The van der Waals surface area contributed by atoms with E-state index in [1.807, 2.05) is 60.7 Å². The maximum Gasteiger partial charge on any atom is 0.0955 e. The number of hydrogen-bond donors (Lipinski definition) is 1. The van der Waals surface area contributed by atoms with Crippen LogP contribution in [-0.4, -0.2) is 5.11 Å². The van der Waals surface area contributed by atoms with Crippen LogP contribution in [0, 0.1) is 0 Å². The summed E-state index contributed by atoms with van der Waals surface area (Å²) in [5, 5.41) is 10.2. The van der Waals surface area contributed by atoms with Gasteiger partial charge in [0.1, 0.15) is 0 Å². The van der Waals surface area contributed by atoms with Gasteiger partial charge in [0.05, 0.1) is 10.9 Å². The van der Waals surface area contributed by atoms with Crippen LogP contribution in [-0.2, 0) is 0 Å². The number of aliphatic hydroxyl groups excluding tert-OH is 1. The van der Waals surface area contributed by atoms with Crippen molar-refractivity contribution in [1.82, 2.24) is 0 Å². The molecule has 0 fully saturated rings. The molecular weight excluding hydrogens is 264 g/mol. The molecule has 0 spiro atoms. The lowest BCUT2D eigenvalue weighted by atomic mass is 10.0. The lowest BCUT2D eigenvalue weighted by Gasteiger charge is -2.17. The zero-order valence-corrected chi connectivity index (χ0v) is 10.3. The molecule has 0 amide bonds. The van der Waals surface area contributed by atoms with Gasteiger partial charge in [0, 0.05) is 0 Å². The smallest absolute Gasteiger partial charge is 0.0955 e. The molecule has 0 saturated heterocycles. The standard InChI is InChI=1S/C14H13BrO/c15-13(11-7-3-1-4-8-11)14(16)12-9-5-2-6-10-12/h1-10,13-14,16H. The van der Waals surface area contributed by atoms with Gasteiger partial charge in [0.2, 0.25) is 0 Å². The van der Waals surface area contributed by atoms with Gasteiger partial charge in [0.25, 0.3) is 0 Å². The maximum absolute atomic E-state index is 10.2. The van der Waals surface area contributed by atoms with Gasteiger partial charge in [-0.3, -0.25) is 0 Å². The van der Waals surface area contributed by atoms with E-state index in [9.17, 15) is 5.11 Å². The lowest BCUT2D eigenvalue weighted by Crippen LogP contribution is -2.04. The van der Waals surface area contributed by atoms with Crippen molar-refractivity contribution in [2.45, 2.75) is 10.9 Å². The van der Waals surface area contributed by atoms with E-state index in [0.29, 0.717) is 0 Å². The fourth-order valence-electron chi connectivity index (χ4n) is 1.64. The highest BCUT2D eigenvalue weighted by Gasteiger charge is 2.18. The van der Waals surface area contributed by atoms with Crippen molar-refractivity contribution < 1.29 is 5.11 Å². The van der Waals surface area contributed by atoms with Crippen molar-refractivity contribution >= 4 is 15.9 Å². The molecule has 1 nitrogen and oxygen atoms in total. The van der Waals surface area contributed by atoms with E-state index in [1.165, 1.54) is 0 Å². The highest BCUT2D eigenvalue weighted by Crippen LogP contribution is 2.35. The number of halogens is 1. The lowest BCUT2D eigenvalue weighted by molar-refractivity contribution is 0.177. The topological polar surface area (TPSA) is 20.2 Å². The normalized spacial score (nSPS) is 14.4. The molecular formula is C14H13BrO. The molecule has 2 rings (SSSR count). The van der Waals surface area contributed by atoms with E-state index < -0.39 is 6.10 Å². The molecule has 0 aliphatic carbocycles. The molecule has 16 heavy (non-hydrogen) atoms. The molecule has 2 aromatic rings. The Hall–Kier alpha value is -1.12. The van der Waals surface area contributed by atoms with Crippen molar-refractivity contribution in [3.63, 3.8) is 0 Å². The molecule has 0 heterocycles. The summed E-state index contributed by atoms with van der Waals surface area (Å²) in [6.45, 7) is 0. The van der Waals surface area contributed by atoms with E-state index in [1.54, 1.807) is 0 Å². The van der Waals surface area contributed by atoms with Gasteiger partial charge in [0.15, 0.2) is 0 Å². The van der Waals surface area contributed by atoms with Crippen LogP contribution in [0.4, 0.5) is 0 Å². The molecule has 0 aliphatic heterocycles. The molecule has 2 heteroatoms. The Morgan fingerprint density at radius 2 is 1.19 bits per heavy atom. The highest BCUT2D eigenvalue weighted by atomic mass is 79.9. The van der Waals surface area contributed by atoms with Gasteiger partial charge in [-0.2, -0.15) is 0 Å². The fraction of sp³-hybridized carbons (Fsp3) is 0.143.